The van der Waals surface area contributed by atoms with Gasteiger partial charge in [-0.15, -0.1) is 0 Å². The number of likely N-dealkylation sites (N-methyl/N-ethyl adjacent to an activating group) is 1. The Bertz CT molecular complexity index is 672. The molecule has 1 N–H and O–H groups in total. The van der Waals surface area contributed by atoms with Crippen LogP contribution < -0.4 is 0 Å². The van der Waals surface area contributed by atoms with Gasteiger partial charge in [-0.1, -0.05) is 0 Å². The quantitative estimate of drug-likeness (QED) is 0.653. The fourth-order valence-electron chi connectivity index (χ4n) is 1.58. The summed E-state index contributed by atoms with van der Waals surface area (Å²) in [7, 11) is -2.86. The molecule has 0 amide bonds. The monoisotopic (exact) mass is 320 g/mol. The molecule has 0 aliphatic carbocycles. The minimum atomic E-state index is -4.10. The van der Waals surface area contributed by atoms with Crippen LogP contribution >= 0.6 is 0 Å². The van der Waals surface area contributed by atoms with Crippen LogP contribution in [0.15, 0.2) is 17.0 Å². The van der Waals surface area contributed by atoms with Gasteiger partial charge in [0.15, 0.2) is 0 Å². The molecular weight excluding hydrogens is 303 g/mol. The van der Waals surface area contributed by atoms with Crippen LogP contribution in [0.3, 0.4) is 0 Å². The number of hydrogen-bond donors (Lipinski definition) is 1. The number of nitro benzene ring substituents is 1. The third-order valence-electron chi connectivity index (χ3n) is 3.30. The summed E-state index contributed by atoms with van der Waals surface area (Å²) >= 11 is 0. The largest absolute Gasteiger partial charge is 0.394 e. The first kappa shape index (κ1) is 17.5. The van der Waals surface area contributed by atoms with Crippen molar-refractivity contribution in [2.75, 3.05) is 13.7 Å². The fourth-order valence-corrected chi connectivity index (χ4v) is 3.19. The average Bonchev–Trinajstić information content (AvgIpc) is 2.40. The van der Waals surface area contributed by atoms with Gasteiger partial charge in [-0.3, -0.25) is 10.1 Å². The Kier molecular flexibility index (Phi) is 4.71. The maximum Gasteiger partial charge on any atom is 0.306 e. The highest BCUT2D eigenvalue weighted by molar-refractivity contribution is 7.89. The summed E-state index contributed by atoms with van der Waals surface area (Å²) in [5.41, 5.74) is -2.14. The molecule has 9 heteroatoms. The minimum Gasteiger partial charge on any atom is -0.394 e. The van der Waals surface area contributed by atoms with Gasteiger partial charge in [0.25, 0.3) is 0 Å². The first-order chi connectivity index (χ1) is 9.45. The molecule has 118 valence electrons. The third kappa shape index (κ3) is 3.20. The molecule has 0 unspecified atom stereocenters. The number of aliphatic hydroxyl groups is 1. The molecule has 0 aliphatic heterocycles. The van der Waals surface area contributed by atoms with Crippen LogP contribution in [-0.4, -0.2) is 41.9 Å². The van der Waals surface area contributed by atoms with Crippen molar-refractivity contribution < 1.29 is 22.8 Å². The maximum absolute atomic E-state index is 13.6. The zero-order valence-electron chi connectivity index (χ0n) is 12.1. The Balaban J connectivity index is 3.50. The number of aliphatic hydroxyl groups excluding tert-OH is 1. The molecule has 0 aliphatic rings. The summed E-state index contributed by atoms with van der Waals surface area (Å²) in [6, 6.07) is 1.71. The van der Waals surface area contributed by atoms with E-state index in [0.717, 1.165) is 10.4 Å². The van der Waals surface area contributed by atoms with Crippen LogP contribution in [-0.2, 0) is 10.0 Å². The molecule has 1 rings (SSSR count). The molecule has 0 saturated heterocycles. The van der Waals surface area contributed by atoms with Gasteiger partial charge in [0.2, 0.25) is 15.8 Å². The van der Waals surface area contributed by atoms with Gasteiger partial charge in [0, 0.05) is 13.1 Å². The molecule has 0 atom stereocenters. The number of hydrogen-bond acceptors (Lipinski definition) is 5. The molecule has 0 fully saturated rings. The highest BCUT2D eigenvalue weighted by Crippen LogP contribution is 2.29. The number of aryl methyl sites for hydroxylation is 1. The second-order valence-corrected chi connectivity index (χ2v) is 7.24. The number of sulfonamides is 1. The van der Waals surface area contributed by atoms with Crippen molar-refractivity contribution in [3.8, 4) is 0 Å². The van der Waals surface area contributed by atoms with E-state index in [1.165, 1.54) is 27.8 Å². The fraction of sp³-hybridized carbons (Fsp3) is 0.500. The Morgan fingerprint density at radius 1 is 1.43 bits per heavy atom. The lowest BCUT2D eigenvalue weighted by Gasteiger charge is -2.32. The zero-order valence-corrected chi connectivity index (χ0v) is 12.9. The topological polar surface area (TPSA) is 101 Å². The van der Waals surface area contributed by atoms with Gasteiger partial charge >= 0.3 is 5.69 Å². The number of nitro groups is 1. The summed E-state index contributed by atoms with van der Waals surface area (Å²) < 4.78 is 39.4. The smallest absolute Gasteiger partial charge is 0.306 e. The summed E-state index contributed by atoms with van der Waals surface area (Å²) in [4.78, 5) is 9.43. The normalized spacial score (nSPS) is 12.7. The van der Waals surface area contributed by atoms with E-state index in [1.54, 1.807) is 0 Å². The van der Waals surface area contributed by atoms with E-state index < -0.39 is 43.5 Å². The van der Waals surface area contributed by atoms with Crippen molar-refractivity contribution in [1.82, 2.24) is 4.31 Å². The Hall–Kier alpha value is -1.58. The van der Waals surface area contributed by atoms with Crippen LogP contribution in [0.5, 0.6) is 0 Å². The van der Waals surface area contributed by atoms with E-state index in [2.05, 4.69) is 0 Å². The van der Waals surface area contributed by atoms with E-state index in [-0.39, 0.29) is 5.56 Å². The molecule has 0 radical (unpaired) electrons. The molecule has 1 aromatic carbocycles. The van der Waals surface area contributed by atoms with Gasteiger partial charge in [-0.25, -0.2) is 8.42 Å². The van der Waals surface area contributed by atoms with E-state index in [9.17, 15) is 28.0 Å². The van der Waals surface area contributed by atoms with Crippen LogP contribution in [0.25, 0.3) is 0 Å². The molecule has 0 spiro atoms. The second-order valence-electron chi connectivity index (χ2n) is 5.27. The van der Waals surface area contributed by atoms with Crippen molar-refractivity contribution in [3.05, 3.63) is 33.6 Å². The average molecular weight is 320 g/mol. The number of rotatable bonds is 5. The maximum atomic E-state index is 13.6. The highest BCUT2D eigenvalue weighted by atomic mass is 32.2. The zero-order chi connectivity index (χ0) is 16.6. The molecule has 0 saturated carbocycles. The first-order valence-electron chi connectivity index (χ1n) is 5.99. The first-order valence-corrected chi connectivity index (χ1v) is 7.43. The Labute approximate surface area is 122 Å². The van der Waals surface area contributed by atoms with Crippen molar-refractivity contribution >= 4 is 15.7 Å². The van der Waals surface area contributed by atoms with Gasteiger partial charge in [-0.2, -0.15) is 8.70 Å². The Morgan fingerprint density at radius 3 is 2.38 bits per heavy atom. The SMILES string of the molecule is Cc1cc(S(=O)(=O)N(C)C(C)(C)CO)cc([N+](=O)[O-])c1F. The van der Waals surface area contributed by atoms with Gasteiger partial charge < -0.3 is 5.11 Å². The van der Waals surface area contributed by atoms with Crippen LogP contribution in [0, 0.1) is 22.9 Å². The van der Waals surface area contributed by atoms with Crippen LogP contribution in [0.4, 0.5) is 10.1 Å². The molecular formula is C12H17FN2O5S. The van der Waals surface area contributed by atoms with Crippen LogP contribution in [0.1, 0.15) is 19.4 Å². The predicted octanol–water partition coefficient (Wildman–Crippen LogP) is 1.43. The highest BCUT2D eigenvalue weighted by Gasteiger charge is 2.35. The van der Waals surface area contributed by atoms with Crippen LogP contribution in [0.2, 0.25) is 0 Å². The van der Waals surface area contributed by atoms with E-state index in [4.69, 9.17) is 0 Å². The van der Waals surface area contributed by atoms with Crippen molar-refractivity contribution in [1.29, 1.82) is 0 Å². The van der Waals surface area contributed by atoms with E-state index in [0.29, 0.717) is 6.07 Å². The third-order valence-corrected chi connectivity index (χ3v) is 5.35. The lowest BCUT2D eigenvalue weighted by molar-refractivity contribution is -0.387. The van der Waals surface area contributed by atoms with Gasteiger partial charge in [-0.05, 0) is 32.4 Å². The van der Waals surface area contributed by atoms with E-state index in [1.807, 2.05) is 0 Å². The lowest BCUT2D eigenvalue weighted by atomic mass is 10.1. The predicted molar refractivity (Wildman–Crippen MR) is 73.9 cm³/mol. The molecule has 0 aromatic heterocycles. The second kappa shape index (κ2) is 5.66. The summed E-state index contributed by atoms with van der Waals surface area (Å²) in [5.74, 6) is -1.07. The molecule has 21 heavy (non-hydrogen) atoms. The molecule has 0 heterocycles. The molecule has 0 bridgehead atoms. The number of halogens is 1. The summed E-state index contributed by atoms with van der Waals surface area (Å²) in [6.07, 6.45) is 0. The molecule has 7 nitrogen and oxygen atoms in total. The minimum absolute atomic E-state index is 0.141. The number of benzene rings is 1. The van der Waals surface area contributed by atoms with Crippen molar-refractivity contribution in [2.45, 2.75) is 31.2 Å². The lowest BCUT2D eigenvalue weighted by Crippen LogP contribution is -2.47. The molecule has 1 aromatic rings. The Morgan fingerprint density at radius 2 is 1.95 bits per heavy atom. The van der Waals surface area contributed by atoms with Crippen molar-refractivity contribution in [3.63, 3.8) is 0 Å². The van der Waals surface area contributed by atoms with Gasteiger partial charge in [0.05, 0.1) is 22.0 Å². The van der Waals surface area contributed by atoms with Crippen molar-refractivity contribution in [2.24, 2.45) is 0 Å². The summed E-state index contributed by atoms with van der Waals surface area (Å²) in [5, 5.41) is 20.0. The van der Waals surface area contributed by atoms with E-state index >= 15 is 0 Å². The standard InChI is InChI=1S/C12H17FN2O5S/c1-8-5-9(6-10(11(8)13)15(17)18)21(19,20)14(4)12(2,3)7-16/h5-6,16H,7H2,1-4H3. The summed E-state index contributed by atoms with van der Waals surface area (Å²) in [6.45, 7) is 3.80. The number of nitrogens with zero attached hydrogens (tertiary/aromatic N) is 2. The van der Waals surface area contributed by atoms with Gasteiger partial charge in [0.1, 0.15) is 0 Å².